The molecule has 0 saturated carbocycles. The maximum atomic E-state index is 12.5. The second-order valence-electron chi connectivity index (χ2n) is 7.08. The highest BCUT2D eigenvalue weighted by molar-refractivity contribution is 7.15. The summed E-state index contributed by atoms with van der Waals surface area (Å²) >= 11 is 1.36. The summed E-state index contributed by atoms with van der Waals surface area (Å²) in [4.78, 5) is 43.9. The quantitative estimate of drug-likeness (QED) is 0.603. The zero-order valence-corrected chi connectivity index (χ0v) is 17.1. The van der Waals surface area contributed by atoms with E-state index in [1.165, 1.54) is 21.8 Å². The number of fused-ring (bicyclic) bond motifs is 1. The minimum Gasteiger partial charge on any atom is -0.459 e. The summed E-state index contributed by atoms with van der Waals surface area (Å²) in [6.45, 7) is 4.09. The fourth-order valence-electron chi connectivity index (χ4n) is 3.61. The Kier molecular flexibility index (Phi) is 5.19. The number of nitrogens with zero attached hydrogens (tertiary/aromatic N) is 3. The van der Waals surface area contributed by atoms with Crippen molar-refractivity contribution in [1.29, 1.82) is 0 Å². The summed E-state index contributed by atoms with van der Waals surface area (Å²) in [5.41, 5.74) is 2.95. The number of amides is 1. The number of aromatic nitrogens is 2. The third kappa shape index (κ3) is 3.67. The van der Waals surface area contributed by atoms with E-state index in [4.69, 9.17) is 4.74 Å². The molecule has 1 fully saturated rings. The van der Waals surface area contributed by atoms with E-state index in [0.29, 0.717) is 17.2 Å². The molecule has 29 heavy (non-hydrogen) atoms. The topological polar surface area (TPSA) is 81.0 Å². The number of benzene rings is 1. The fourth-order valence-corrected chi connectivity index (χ4v) is 4.50. The molecule has 1 aliphatic heterocycles. The number of carbonyl (C=O) groups is 2. The highest BCUT2D eigenvalue weighted by Gasteiger charge is 2.36. The van der Waals surface area contributed by atoms with Crippen molar-refractivity contribution in [3.63, 3.8) is 0 Å². The zero-order valence-electron chi connectivity index (χ0n) is 16.3. The first kappa shape index (κ1) is 19.3. The molecule has 1 aromatic carbocycles. The van der Waals surface area contributed by atoms with Crippen LogP contribution in [0.15, 0.2) is 40.5 Å². The molecule has 8 heteroatoms. The molecular formula is C21H21N3O4S. The molecule has 1 amide bonds. The zero-order chi connectivity index (χ0) is 20.5. The van der Waals surface area contributed by atoms with E-state index in [-0.39, 0.29) is 24.5 Å². The minimum atomic E-state index is -0.527. The molecule has 0 spiro atoms. The Morgan fingerprint density at radius 1 is 1.31 bits per heavy atom. The van der Waals surface area contributed by atoms with E-state index in [1.807, 2.05) is 43.5 Å². The van der Waals surface area contributed by atoms with Crippen LogP contribution in [0.1, 0.15) is 30.3 Å². The monoisotopic (exact) mass is 411 g/mol. The molecule has 0 radical (unpaired) electrons. The van der Waals surface area contributed by atoms with Gasteiger partial charge in [-0.25, -0.2) is 4.98 Å². The van der Waals surface area contributed by atoms with Crippen molar-refractivity contribution >= 4 is 33.9 Å². The second-order valence-corrected chi connectivity index (χ2v) is 7.91. The average molecular weight is 411 g/mol. The highest BCUT2D eigenvalue weighted by Crippen LogP contribution is 2.29. The van der Waals surface area contributed by atoms with Crippen LogP contribution in [0.2, 0.25) is 0 Å². The first-order valence-corrected chi connectivity index (χ1v) is 10.4. The summed E-state index contributed by atoms with van der Waals surface area (Å²) in [5, 5.41) is 1.85. The third-order valence-electron chi connectivity index (χ3n) is 5.11. The van der Waals surface area contributed by atoms with Gasteiger partial charge in [-0.05, 0) is 25.0 Å². The third-order valence-corrected chi connectivity index (χ3v) is 6.06. The molecule has 150 valence electrons. The van der Waals surface area contributed by atoms with Gasteiger partial charge in [0.05, 0.1) is 11.6 Å². The van der Waals surface area contributed by atoms with Crippen molar-refractivity contribution in [1.82, 2.24) is 9.38 Å². The molecule has 1 aliphatic rings. The lowest BCUT2D eigenvalue weighted by atomic mass is 10.1. The Hall–Kier alpha value is -3.00. The summed E-state index contributed by atoms with van der Waals surface area (Å²) in [6, 6.07) is 9.10. The van der Waals surface area contributed by atoms with Gasteiger partial charge in [-0.1, -0.05) is 25.1 Å². The Labute approximate surface area is 171 Å². The van der Waals surface area contributed by atoms with Crippen LogP contribution in [0, 0.1) is 12.8 Å². The molecule has 0 aliphatic carbocycles. The van der Waals surface area contributed by atoms with Crippen molar-refractivity contribution in [2.45, 2.75) is 33.3 Å². The van der Waals surface area contributed by atoms with Crippen LogP contribution in [0.5, 0.6) is 0 Å². The summed E-state index contributed by atoms with van der Waals surface area (Å²) in [7, 11) is 0. The number of carbonyl (C=O) groups excluding carboxylic acids is 2. The molecule has 4 rings (SSSR count). The molecule has 3 heterocycles. The van der Waals surface area contributed by atoms with Crippen molar-refractivity contribution in [2.75, 3.05) is 11.4 Å². The van der Waals surface area contributed by atoms with Gasteiger partial charge >= 0.3 is 5.97 Å². The van der Waals surface area contributed by atoms with Crippen LogP contribution in [-0.2, 0) is 27.4 Å². The molecule has 1 atom stereocenters. The van der Waals surface area contributed by atoms with Crippen molar-refractivity contribution in [3.8, 4) is 0 Å². The number of aryl methyl sites for hydroxylation is 2. The number of esters is 1. The lowest BCUT2D eigenvalue weighted by Crippen LogP contribution is -2.27. The standard InChI is InChI=1S/C21H21N3O4S/c1-3-14-6-4-5-7-17(14)23-10-15(8-18(23)25)20(27)28-11-16-9-19(26)24-13(2)12-29-21(24)22-16/h4-7,9,12,15H,3,8,10-11H2,1-2H3. The number of anilines is 1. The fraction of sp³-hybridized carbons (Fsp3) is 0.333. The predicted molar refractivity (Wildman–Crippen MR) is 110 cm³/mol. The van der Waals surface area contributed by atoms with Crippen LogP contribution in [0.3, 0.4) is 0 Å². The number of para-hydroxylation sites is 1. The maximum Gasteiger partial charge on any atom is 0.311 e. The lowest BCUT2D eigenvalue weighted by Gasteiger charge is -2.19. The Bertz CT molecular complexity index is 1150. The molecular weight excluding hydrogens is 390 g/mol. The number of hydrogen-bond acceptors (Lipinski definition) is 6. The van der Waals surface area contributed by atoms with E-state index < -0.39 is 11.9 Å². The maximum absolute atomic E-state index is 12.5. The van der Waals surface area contributed by atoms with Crippen molar-refractivity contribution in [2.24, 2.45) is 5.92 Å². The van der Waals surface area contributed by atoms with Crippen LogP contribution in [0.25, 0.3) is 4.96 Å². The largest absolute Gasteiger partial charge is 0.459 e. The van der Waals surface area contributed by atoms with Crippen molar-refractivity contribution in [3.05, 3.63) is 63.0 Å². The van der Waals surface area contributed by atoms with Gasteiger partial charge in [0.1, 0.15) is 6.61 Å². The van der Waals surface area contributed by atoms with Gasteiger partial charge in [0.25, 0.3) is 5.56 Å². The van der Waals surface area contributed by atoms with Crippen LogP contribution >= 0.6 is 11.3 Å². The lowest BCUT2D eigenvalue weighted by molar-refractivity contribution is -0.149. The van der Waals surface area contributed by atoms with Gasteiger partial charge in [0.15, 0.2) is 4.96 Å². The van der Waals surface area contributed by atoms with Gasteiger partial charge in [0.2, 0.25) is 5.91 Å². The van der Waals surface area contributed by atoms with E-state index in [9.17, 15) is 14.4 Å². The first-order valence-electron chi connectivity index (χ1n) is 9.49. The Morgan fingerprint density at radius 3 is 2.90 bits per heavy atom. The average Bonchev–Trinajstić information content (AvgIpc) is 3.29. The van der Waals surface area contributed by atoms with Gasteiger partial charge < -0.3 is 9.64 Å². The summed E-state index contributed by atoms with van der Waals surface area (Å²) in [5.74, 6) is -1.06. The minimum absolute atomic E-state index is 0.0836. The Morgan fingerprint density at radius 2 is 2.10 bits per heavy atom. The number of rotatable bonds is 5. The molecule has 3 aromatic rings. The summed E-state index contributed by atoms with van der Waals surface area (Å²) < 4.78 is 6.91. The summed E-state index contributed by atoms with van der Waals surface area (Å²) in [6.07, 6.45) is 0.928. The van der Waals surface area contributed by atoms with Crippen molar-refractivity contribution < 1.29 is 14.3 Å². The highest BCUT2D eigenvalue weighted by atomic mass is 32.1. The molecule has 1 saturated heterocycles. The smallest absolute Gasteiger partial charge is 0.311 e. The normalized spacial score (nSPS) is 16.6. The molecule has 7 nitrogen and oxygen atoms in total. The van der Waals surface area contributed by atoms with E-state index in [0.717, 1.165) is 23.4 Å². The number of hydrogen-bond donors (Lipinski definition) is 0. The molecule has 0 bridgehead atoms. The SMILES string of the molecule is CCc1ccccc1N1CC(C(=O)OCc2cc(=O)n3c(C)csc3n2)CC1=O. The molecule has 2 aromatic heterocycles. The van der Waals surface area contributed by atoms with Crippen LogP contribution in [0.4, 0.5) is 5.69 Å². The number of ether oxygens (including phenoxy) is 1. The van der Waals surface area contributed by atoms with Gasteiger partial charge in [0, 0.05) is 35.8 Å². The predicted octanol–water partition coefficient (Wildman–Crippen LogP) is 2.72. The van der Waals surface area contributed by atoms with E-state index in [1.54, 1.807) is 4.90 Å². The Balaban J connectivity index is 1.44. The van der Waals surface area contributed by atoms with Gasteiger partial charge in [-0.2, -0.15) is 0 Å². The van der Waals surface area contributed by atoms with E-state index >= 15 is 0 Å². The molecule has 0 N–H and O–H groups in total. The van der Waals surface area contributed by atoms with Gasteiger partial charge in [-0.3, -0.25) is 18.8 Å². The molecule has 1 unspecified atom stereocenters. The van der Waals surface area contributed by atoms with Gasteiger partial charge in [-0.15, -0.1) is 11.3 Å². The first-order chi connectivity index (χ1) is 14.0. The van der Waals surface area contributed by atoms with Crippen LogP contribution < -0.4 is 10.5 Å². The number of thiazole rings is 1. The second kappa shape index (κ2) is 7.79. The van der Waals surface area contributed by atoms with Crippen LogP contribution in [-0.4, -0.2) is 27.8 Å². The van der Waals surface area contributed by atoms with E-state index in [2.05, 4.69) is 4.98 Å².